The maximum Gasteiger partial charge on any atom is 0.123 e. The summed E-state index contributed by atoms with van der Waals surface area (Å²) in [6, 6.07) is 5.00. The topological polar surface area (TPSA) is 21.3 Å². The van der Waals surface area contributed by atoms with Gasteiger partial charge in [0.05, 0.1) is 7.11 Å². The molecule has 3 heteroatoms. The van der Waals surface area contributed by atoms with E-state index in [1.807, 2.05) is 0 Å². The van der Waals surface area contributed by atoms with Gasteiger partial charge in [-0.25, -0.2) is 4.39 Å². The predicted molar refractivity (Wildman–Crippen MR) is 85.2 cm³/mol. The Kier molecular flexibility index (Phi) is 6.50. The highest BCUT2D eigenvalue weighted by atomic mass is 19.1. The van der Waals surface area contributed by atoms with E-state index in [0.29, 0.717) is 0 Å². The summed E-state index contributed by atoms with van der Waals surface area (Å²) >= 11 is 0. The average molecular weight is 293 g/mol. The lowest BCUT2D eigenvalue weighted by Gasteiger charge is -2.26. The van der Waals surface area contributed by atoms with Crippen molar-refractivity contribution in [2.75, 3.05) is 13.7 Å². The Morgan fingerprint density at radius 1 is 1.29 bits per heavy atom. The Bertz CT molecular complexity index is 429. The van der Waals surface area contributed by atoms with E-state index in [2.05, 4.69) is 12.2 Å². The summed E-state index contributed by atoms with van der Waals surface area (Å²) < 4.78 is 19.0. The molecule has 1 N–H and O–H groups in total. The first-order valence-corrected chi connectivity index (χ1v) is 8.31. The molecule has 1 fully saturated rings. The van der Waals surface area contributed by atoms with E-state index in [4.69, 9.17) is 4.74 Å². The molecule has 0 saturated heterocycles. The molecule has 2 rings (SSSR count). The molecule has 0 amide bonds. The van der Waals surface area contributed by atoms with E-state index < -0.39 is 0 Å². The van der Waals surface area contributed by atoms with Crippen molar-refractivity contribution in [3.05, 3.63) is 29.6 Å². The van der Waals surface area contributed by atoms with E-state index in [1.165, 1.54) is 44.6 Å². The van der Waals surface area contributed by atoms with Crippen molar-refractivity contribution in [1.29, 1.82) is 0 Å². The van der Waals surface area contributed by atoms with Crippen LogP contribution in [0, 0.1) is 11.7 Å². The molecule has 1 aliphatic carbocycles. The van der Waals surface area contributed by atoms with Crippen molar-refractivity contribution in [2.45, 2.75) is 57.9 Å². The third-order valence-electron chi connectivity index (χ3n) is 4.61. The first-order valence-electron chi connectivity index (χ1n) is 8.31. The van der Waals surface area contributed by atoms with E-state index >= 15 is 0 Å². The van der Waals surface area contributed by atoms with Gasteiger partial charge in [0.15, 0.2) is 0 Å². The molecule has 0 aliphatic heterocycles. The molecule has 1 aromatic carbocycles. The van der Waals surface area contributed by atoms with Crippen molar-refractivity contribution in [3.63, 3.8) is 0 Å². The summed E-state index contributed by atoms with van der Waals surface area (Å²) in [4.78, 5) is 0. The van der Waals surface area contributed by atoms with Crippen molar-refractivity contribution in [2.24, 2.45) is 5.92 Å². The number of hydrogen-bond donors (Lipinski definition) is 1. The molecular weight excluding hydrogens is 265 g/mol. The van der Waals surface area contributed by atoms with Crippen LogP contribution in [-0.2, 0) is 0 Å². The lowest BCUT2D eigenvalue weighted by atomic mass is 9.84. The van der Waals surface area contributed by atoms with Gasteiger partial charge < -0.3 is 10.1 Å². The monoisotopic (exact) mass is 293 g/mol. The van der Waals surface area contributed by atoms with Crippen LogP contribution in [0.25, 0.3) is 0 Å². The van der Waals surface area contributed by atoms with Gasteiger partial charge in [-0.3, -0.25) is 0 Å². The predicted octanol–water partition coefficient (Wildman–Crippen LogP) is 4.85. The van der Waals surface area contributed by atoms with Gasteiger partial charge in [0.2, 0.25) is 0 Å². The Morgan fingerprint density at radius 2 is 2.05 bits per heavy atom. The number of hydrogen-bond acceptors (Lipinski definition) is 2. The maximum absolute atomic E-state index is 13.6. The minimum absolute atomic E-state index is 0.183. The second-order valence-corrected chi connectivity index (χ2v) is 6.08. The van der Waals surface area contributed by atoms with Gasteiger partial charge in [-0.15, -0.1) is 0 Å². The Morgan fingerprint density at radius 3 is 2.71 bits per heavy atom. The third kappa shape index (κ3) is 4.70. The van der Waals surface area contributed by atoms with Gasteiger partial charge in [-0.1, -0.05) is 39.0 Å². The zero-order valence-corrected chi connectivity index (χ0v) is 13.3. The molecule has 0 radical (unpaired) electrons. The highest BCUT2D eigenvalue weighted by Crippen LogP contribution is 2.33. The first-order chi connectivity index (χ1) is 10.2. The van der Waals surface area contributed by atoms with E-state index in [0.717, 1.165) is 30.2 Å². The first kappa shape index (κ1) is 16.3. The fraction of sp³-hybridized carbons (Fsp3) is 0.667. The Hall–Kier alpha value is -1.09. The average Bonchev–Trinajstić information content (AvgIpc) is 2.52. The SMILES string of the molecule is CCNC(CCC1CCCCC1)c1cc(F)ccc1OC. The van der Waals surface area contributed by atoms with Crippen LogP contribution in [0.2, 0.25) is 0 Å². The summed E-state index contributed by atoms with van der Waals surface area (Å²) in [7, 11) is 1.65. The van der Waals surface area contributed by atoms with Crippen LogP contribution in [-0.4, -0.2) is 13.7 Å². The van der Waals surface area contributed by atoms with E-state index in [1.54, 1.807) is 19.2 Å². The molecule has 1 aromatic rings. The fourth-order valence-electron chi connectivity index (χ4n) is 3.47. The minimum Gasteiger partial charge on any atom is -0.496 e. The van der Waals surface area contributed by atoms with E-state index in [-0.39, 0.29) is 11.9 Å². The largest absolute Gasteiger partial charge is 0.496 e. The lowest BCUT2D eigenvalue weighted by molar-refractivity contribution is 0.312. The van der Waals surface area contributed by atoms with Crippen LogP contribution in [0.1, 0.15) is 63.5 Å². The van der Waals surface area contributed by atoms with Crippen LogP contribution in [0.5, 0.6) is 5.75 Å². The minimum atomic E-state index is -0.189. The highest BCUT2D eigenvalue weighted by Gasteiger charge is 2.19. The van der Waals surface area contributed by atoms with Crippen molar-refractivity contribution in [1.82, 2.24) is 5.32 Å². The maximum atomic E-state index is 13.6. The lowest BCUT2D eigenvalue weighted by Crippen LogP contribution is -2.22. The molecule has 0 bridgehead atoms. The van der Waals surface area contributed by atoms with Crippen LogP contribution in [0.3, 0.4) is 0 Å². The zero-order valence-electron chi connectivity index (χ0n) is 13.3. The van der Waals surface area contributed by atoms with Crippen molar-refractivity contribution >= 4 is 0 Å². The van der Waals surface area contributed by atoms with Crippen molar-refractivity contribution in [3.8, 4) is 5.75 Å². The molecule has 2 nitrogen and oxygen atoms in total. The summed E-state index contributed by atoms with van der Waals surface area (Å²) in [5.74, 6) is 1.44. The van der Waals surface area contributed by atoms with Gasteiger partial charge in [-0.2, -0.15) is 0 Å². The second-order valence-electron chi connectivity index (χ2n) is 6.08. The number of halogens is 1. The molecule has 1 unspecified atom stereocenters. The van der Waals surface area contributed by atoms with Crippen LogP contribution in [0.4, 0.5) is 4.39 Å². The number of benzene rings is 1. The highest BCUT2D eigenvalue weighted by molar-refractivity contribution is 5.36. The molecule has 21 heavy (non-hydrogen) atoms. The van der Waals surface area contributed by atoms with Crippen LogP contribution >= 0.6 is 0 Å². The van der Waals surface area contributed by atoms with Crippen LogP contribution < -0.4 is 10.1 Å². The summed E-state index contributed by atoms with van der Waals surface area (Å²) in [6.45, 7) is 2.98. The summed E-state index contributed by atoms with van der Waals surface area (Å²) in [5.41, 5.74) is 0.954. The molecule has 1 aliphatic rings. The van der Waals surface area contributed by atoms with Gasteiger partial charge in [0.25, 0.3) is 0 Å². The molecule has 1 atom stereocenters. The number of ether oxygens (including phenoxy) is 1. The zero-order chi connectivity index (χ0) is 15.1. The molecule has 118 valence electrons. The normalized spacial score (nSPS) is 17.7. The van der Waals surface area contributed by atoms with Gasteiger partial charge >= 0.3 is 0 Å². The number of nitrogens with one attached hydrogen (secondary N) is 1. The third-order valence-corrected chi connectivity index (χ3v) is 4.61. The number of methoxy groups -OCH3 is 1. The fourth-order valence-corrected chi connectivity index (χ4v) is 3.47. The molecule has 1 saturated carbocycles. The Balaban J connectivity index is 2.05. The van der Waals surface area contributed by atoms with Gasteiger partial charge in [0.1, 0.15) is 11.6 Å². The standard InChI is InChI=1S/C18H28FNO/c1-3-20-17(11-9-14-7-5-4-6-8-14)16-13-15(19)10-12-18(16)21-2/h10,12-14,17,20H,3-9,11H2,1-2H3. The van der Waals surface area contributed by atoms with Gasteiger partial charge in [-0.05, 0) is 43.5 Å². The summed E-state index contributed by atoms with van der Waals surface area (Å²) in [5, 5.41) is 3.49. The second kappa shape index (κ2) is 8.38. The Labute approximate surface area is 128 Å². The van der Waals surface area contributed by atoms with Gasteiger partial charge in [0, 0.05) is 11.6 Å². The molecule has 0 spiro atoms. The van der Waals surface area contributed by atoms with Crippen LogP contribution in [0.15, 0.2) is 18.2 Å². The quantitative estimate of drug-likeness (QED) is 0.776. The summed E-state index contributed by atoms with van der Waals surface area (Å²) in [6.07, 6.45) is 9.14. The molecule has 0 aromatic heterocycles. The van der Waals surface area contributed by atoms with Crippen molar-refractivity contribution < 1.29 is 9.13 Å². The smallest absolute Gasteiger partial charge is 0.123 e. The number of rotatable bonds is 7. The molecule has 0 heterocycles. The van der Waals surface area contributed by atoms with E-state index in [9.17, 15) is 4.39 Å². The molecular formula is C18H28FNO.